The van der Waals surface area contributed by atoms with Gasteiger partial charge in [0.05, 0.1) is 12.2 Å². The molecule has 4 fully saturated rings. The molecule has 172 valence electrons. The Kier molecular flexibility index (Phi) is 5.47. The van der Waals surface area contributed by atoms with Gasteiger partial charge in [-0.05, 0) is 91.4 Å². The fourth-order valence-corrected chi connectivity index (χ4v) is 7.19. The molecule has 0 bridgehead atoms. The number of ether oxygens (including phenoxy) is 3. The van der Waals surface area contributed by atoms with Crippen LogP contribution in [-0.4, -0.2) is 58.4 Å². The molecule has 2 heterocycles. The molecule has 0 aromatic carbocycles. The van der Waals surface area contributed by atoms with Crippen LogP contribution in [0.25, 0.3) is 0 Å². The highest BCUT2D eigenvalue weighted by Gasteiger charge is 2.73. The van der Waals surface area contributed by atoms with Crippen LogP contribution < -0.4 is 0 Å². The zero-order chi connectivity index (χ0) is 21.9. The summed E-state index contributed by atoms with van der Waals surface area (Å²) in [5.74, 6) is 0.292. The van der Waals surface area contributed by atoms with Gasteiger partial charge in [-0.15, -0.1) is 0 Å². The van der Waals surface area contributed by atoms with Crippen LogP contribution in [-0.2, 0) is 14.2 Å². The number of rotatable bonds is 0. The quantitative estimate of drug-likeness (QED) is 0.622. The molecule has 2 saturated heterocycles. The third kappa shape index (κ3) is 3.57. The molecule has 6 heteroatoms. The molecule has 2 spiro atoms. The summed E-state index contributed by atoms with van der Waals surface area (Å²) in [5, 5.41) is 11.5. The van der Waals surface area contributed by atoms with Crippen molar-refractivity contribution in [1.82, 2.24) is 4.90 Å². The molecular weight excluding hydrogens is 382 g/mol. The average Bonchev–Trinajstić information content (AvgIpc) is 2.99. The van der Waals surface area contributed by atoms with Gasteiger partial charge in [-0.1, -0.05) is 6.92 Å². The van der Waals surface area contributed by atoms with E-state index in [9.17, 15) is 9.90 Å². The SMILES string of the molecule is C[C@@H]1C[C@H]2C[C@@H]3OC(C)(C)O[C@@]34CCCN(C(=O)OC(C)(C)C)CCC[C@]24[C@@H](O)C1. The van der Waals surface area contributed by atoms with Crippen molar-refractivity contribution in [3.63, 3.8) is 0 Å². The van der Waals surface area contributed by atoms with Crippen molar-refractivity contribution in [2.75, 3.05) is 13.1 Å². The number of hydrogen-bond acceptors (Lipinski definition) is 5. The second-order valence-electron chi connectivity index (χ2n) is 11.7. The molecule has 0 radical (unpaired) electrons. The van der Waals surface area contributed by atoms with E-state index < -0.39 is 17.0 Å². The number of aliphatic hydroxyl groups excluding tert-OH is 1. The van der Waals surface area contributed by atoms with E-state index in [4.69, 9.17) is 14.2 Å². The highest BCUT2D eigenvalue weighted by molar-refractivity contribution is 5.68. The number of hydrogen-bond donors (Lipinski definition) is 1. The monoisotopic (exact) mass is 423 g/mol. The summed E-state index contributed by atoms with van der Waals surface area (Å²) in [4.78, 5) is 14.6. The Bertz CT molecular complexity index is 673. The number of carbonyl (C=O) groups excluding carboxylic acids is 1. The standard InChI is InChI=1S/C24H41NO5/c1-16-13-17-15-19-24(30-22(5,6)28-19)10-8-12-25(20(27)29-21(2,3)4)11-7-9-23(17,24)18(26)14-16/h16-19,26H,7-15H2,1-6H3/t16-,17+,18+,19+,23-,24+/m1/s1. The summed E-state index contributed by atoms with van der Waals surface area (Å²) >= 11 is 0. The van der Waals surface area contributed by atoms with Gasteiger partial charge in [-0.25, -0.2) is 4.79 Å². The van der Waals surface area contributed by atoms with Crippen molar-refractivity contribution in [2.24, 2.45) is 17.3 Å². The molecule has 2 saturated carbocycles. The van der Waals surface area contributed by atoms with Gasteiger partial charge in [0, 0.05) is 18.5 Å². The Morgan fingerprint density at radius 1 is 1.10 bits per heavy atom. The van der Waals surface area contributed by atoms with Crippen LogP contribution in [0.5, 0.6) is 0 Å². The molecule has 6 nitrogen and oxygen atoms in total. The molecule has 2 aliphatic carbocycles. The lowest BCUT2D eigenvalue weighted by atomic mass is 9.55. The number of amides is 1. The van der Waals surface area contributed by atoms with Crippen LogP contribution in [0.2, 0.25) is 0 Å². The first-order valence-corrected chi connectivity index (χ1v) is 11.9. The third-order valence-electron chi connectivity index (χ3n) is 7.94. The first-order valence-electron chi connectivity index (χ1n) is 11.9. The molecule has 6 atom stereocenters. The Labute approximate surface area is 181 Å². The van der Waals surface area contributed by atoms with Gasteiger partial charge in [-0.3, -0.25) is 0 Å². The molecule has 0 aromatic heterocycles. The molecule has 2 aliphatic heterocycles. The second-order valence-corrected chi connectivity index (χ2v) is 11.7. The predicted molar refractivity (Wildman–Crippen MR) is 114 cm³/mol. The van der Waals surface area contributed by atoms with Crippen LogP contribution in [0.3, 0.4) is 0 Å². The van der Waals surface area contributed by atoms with Crippen LogP contribution in [0, 0.1) is 17.3 Å². The smallest absolute Gasteiger partial charge is 0.410 e. The highest BCUT2D eigenvalue weighted by Crippen LogP contribution is 2.68. The van der Waals surface area contributed by atoms with Crippen LogP contribution in [0.15, 0.2) is 0 Å². The van der Waals surface area contributed by atoms with Gasteiger partial charge in [0.2, 0.25) is 0 Å². The third-order valence-corrected chi connectivity index (χ3v) is 7.94. The van der Waals surface area contributed by atoms with E-state index in [1.54, 1.807) is 0 Å². The normalized spacial score (nSPS) is 43.6. The topological polar surface area (TPSA) is 68.2 Å². The highest BCUT2D eigenvalue weighted by atomic mass is 16.8. The first-order chi connectivity index (χ1) is 13.9. The van der Waals surface area contributed by atoms with Gasteiger partial charge < -0.3 is 24.2 Å². The molecule has 1 N–H and O–H groups in total. The Balaban J connectivity index is 1.64. The lowest BCUT2D eigenvalue weighted by Crippen LogP contribution is -2.60. The zero-order valence-corrected chi connectivity index (χ0v) is 19.7. The first kappa shape index (κ1) is 22.3. The van der Waals surface area contributed by atoms with Gasteiger partial charge in [0.1, 0.15) is 11.2 Å². The van der Waals surface area contributed by atoms with Crippen molar-refractivity contribution in [1.29, 1.82) is 0 Å². The Morgan fingerprint density at radius 2 is 1.77 bits per heavy atom. The minimum atomic E-state index is -0.635. The summed E-state index contributed by atoms with van der Waals surface area (Å²) in [6.07, 6.45) is 5.66. The van der Waals surface area contributed by atoms with Gasteiger partial charge in [0.15, 0.2) is 5.79 Å². The maximum atomic E-state index is 12.8. The number of carbonyl (C=O) groups is 1. The number of aliphatic hydroxyl groups is 1. The van der Waals surface area contributed by atoms with E-state index in [0.717, 1.165) is 44.9 Å². The molecule has 0 aromatic rings. The number of nitrogens with zero attached hydrogens (tertiary/aromatic N) is 1. The lowest BCUT2D eigenvalue weighted by molar-refractivity contribution is -0.236. The van der Waals surface area contributed by atoms with Crippen molar-refractivity contribution in [2.45, 2.75) is 116 Å². The predicted octanol–water partition coefficient (Wildman–Crippen LogP) is 4.48. The summed E-state index contributed by atoms with van der Waals surface area (Å²) in [6, 6.07) is 0. The van der Waals surface area contributed by atoms with E-state index in [1.807, 2.05) is 39.5 Å². The molecule has 30 heavy (non-hydrogen) atoms. The largest absolute Gasteiger partial charge is 0.444 e. The van der Waals surface area contributed by atoms with Crippen LogP contribution >= 0.6 is 0 Å². The van der Waals surface area contributed by atoms with E-state index in [-0.39, 0.29) is 23.7 Å². The fraction of sp³-hybridized carbons (Fsp3) is 0.958. The lowest BCUT2D eigenvalue weighted by Gasteiger charge is -2.54. The molecule has 4 aliphatic rings. The second kappa shape index (κ2) is 7.35. The molecule has 4 rings (SSSR count). The van der Waals surface area contributed by atoms with Gasteiger partial charge in [-0.2, -0.15) is 0 Å². The van der Waals surface area contributed by atoms with E-state index in [0.29, 0.717) is 24.9 Å². The minimum Gasteiger partial charge on any atom is -0.444 e. The van der Waals surface area contributed by atoms with Gasteiger partial charge in [0.25, 0.3) is 0 Å². The fourth-order valence-electron chi connectivity index (χ4n) is 7.19. The van der Waals surface area contributed by atoms with E-state index >= 15 is 0 Å². The van der Waals surface area contributed by atoms with Crippen molar-refractivity contribution in [3.8, 4) is 0 Å². The maximum absolute atomic E-state index is 12.8. The molecule has 0 unspecified atom stereocenters. The average molecular weight is 424 g/mol. The van der Waals surface area contributed by atoms with E-state index in [1.165, 1.54) is 0 Å². The van der Waals surface area contributed by atoms with Crippen molar-refractivity contribution >= 4 is 6.09 Å². The minimum absolute atomic E-state index is 0.0190. The van der Waals surface area contributed by atoms with Crippen molar-refractivity contribution < 1.29 is 24.1 Å². The summed E-state index contributed by atoms with van der Waals surface area (Å²) in [7, 11) is 0. The van der Waals surface area contributed by atoms with E-state index in [2.05, 4.69) is 6.92 Å². The zero-order valence-electron chi connectivity index (χ0n) is 19.7. The maximum Gasteiger partial charge on any atom is 0.410 e. The summed E-state index contributed by atoms with van der Waals surface area (Å²) < 4.78 is 18.9. The molecule has 1 amide bonds. The van der Waals surface area contributed by atoms with Crippen LogP contribution in [0.1, 0.15) is 86.5 Å². The van der Waals surface area contributed by atoms with Crippen LogP contribution in [0.4, 0.5) is 4.79 Å². The molecular formula is C24H41NO5. The summed E-state index contributed by atoms with van der Waals surface area (Å²) in [6.45, 7) is 13.3. The van der Waals surface area contributed by atoms with Crippen molar-refractivity contribution in [3.05, 3.63) is 0 Å². The Morgan fingerprint density at radius 3 is 2.43 bits per heavy atom. The summed E-state index contributed by atoms with van der Waals surface area (Å²) in [5.41, 5.74) is -1.26. The van der Waals surface area contributed by atoms with Gasteiger partial charge >= 0.3 is 6.09 Å². The Hall–Kier alpha value is -0.850.